The molecule has 1 fully saturated rings. The molecule has 2 heteroatoms. The Morgan fingerprint density at radius 1 is 1.16 bits per heavy atom. The summed E-state index contributed by atoms with van der Waals surface area (Å²) in [7, 11) is 0. The maximum absolute atomic E-state index is 3.58. The van der Waals surface area contributed by atoms with Crippen LogP contribution in [-0.4, -0.2) is 24.5 Å². The van der Waals surface area contributed by atoms with Gasteiger partial charge in [-0.15, -0.1) is 0 Å². The molecule has 1 saturated heterocycles. The number of rotatable bonds is 2. The summed E-state index contributed by atoms with van der Waals surface area (Å²) in [6, 6.07) is 9.55. The molecule has 2 nitrogen and oxygen atoms in total. The van der Waals surface area contributed by atoms with E-state index in [1.807, 2.05) is 0 Å². The zero-order chi connectivity index (χ0) is 13.2. The molecule has 2 aliphatic rings. The van der Waals surface area contributed by atoms with Crippen molar-refractivity contribution in [1.82, 2.24) is 10.2 Å². The molecule has 0 aromatic heterocycles. The average Bonchev–Trinajstić information content (AvgIpc) is 2.47. The van der Waals surface area contributed by atoms with Crippen molar-refractivity contribution in [2.45, 2.75) is 39.3 Å². The van der Waals surface area contributed by atoms with Crippen molar-refractivity contribution in [2.24, 2.45) is 11.8 Å². The van der Waals surface area contributed by atoms with E-state index in [0.29, 0.717) is 6.04 Å². The fourth-order valence-corrected chi connectivity index (χ4v) is 3.70. The second kappa shape index (κ2) is 5.64. The normalized spacial score (nSPS) is 25.5. The number of likely N-dealkylation sites (tertiary alicyclic amines) is 1. The molecule has 0 radical (unpaired) electrons. The Kier molecular flexibility index (Phi) is 3.90. The Hall–Kier alpha value is -0.860. The average molecular weight is 258 g/mol. The van der Waals surface area contributed by atoms with E-state index in [2.05, 4.69) is 48.3 Å². The van der Waals surface area contributed by atoms with Crippen molar-refractivity contribution in [3.63, 3.8) is 0 Å². The second-order valence-corrected chi connectivity index (χ2v) is 6.46. The van der Waals surface area contributed by atoms with Crippen molar-refractivity contribution >= 4 is 0 Å². The van der Waals surface area contributed by atoms with Gasteiger partial charge in [0.15, 0.2) is 0 Å². The highest BCUT2D eigenvalue weighted by atomic mass is 15.2. The first-order valence-electron chi connectivity index (χ1n) is 7.78. The van der Waals surface area contributed by atoms with Gasteiger partial charge in [-0.25, -0.2) is 0 Å². The van der Waals surface area contributed by atoms with Crippen molar-refractivity contribution in [2.75, 3.05) is 19.6 Å². The zero-order valence-corrected chi connectivity index (χ0v) is 12.2. The molecule has 0 bridgehead atoms. The SMILES string of the molecule is CC(C)C1CCN(C2CNCc3ccccc32)CC1. The van der Waals surface area contributed by atoms with Crippen LogP contribution < -0.4 is 5.32 Å². The molecule has 1 atom stereocenters. The van der Waals surface area contributed by atoms with Crippen LogP contribution in [0.15, 0.2) is 24.3 Å². The Morgan fingerprint density at radius 3 is 2.63 bits per heavy atom. The highest BCUT2D eigenvalue weighted by molar-refractivity contribution is 5.32. The summed E-state index contributed by atoms with van der Waals surface area (Å²) in [5, 5.41) is 3.58. The largest absolute Gasteiger partial charge is 0.311 e. The van der Waals surface area contributed by atoms with E-state index in [4.69, 9.17) is 0 Å². The summed E-state index contributed by atoms with van der Waals surface area (Å²) < 4.78 is 0. The van der Waals surface area contributed by atoms with E-state index in [9.17, 15) is 0 Å². The maximum atomic E-state index is 3.58. The lowest BCUT2D eigenvalue weighted by molar-refractivity contribution is 0.109. The smallest absolute Gasteiger partial charge is 0.0476 e. The van der Waals surface area contributed by atoms with Gasteiger partial charge in [0.1, 0.15) is 0 Å². The molecule has 0 saturated carbocycles. The van der Waals surface area contributed by atoms with Crippen LogP contribution in [0.5, 0.6) is 0 Å². The highest BCUT2D eigenvalue weighted by Crippen LogP contribution is 2.32. The molecule has 0 spiro atoms. The number of nitrogens with one attached hydrogen (secondary N) is 1. The first kappa shape index (κ1) is 13.1. The van der Waals surface area contributed by atoms with E-state index in [1.54, 1.807) is 5.56 Å². The third-order valence-electron chi connectivity index (χ3n) is 5.03. The standard InChI is InChI=1S/C17H26N2/c1-13(2)14-7-9-19(10-8-14)17-12-18-11-15-5-3-4-6-16(15)17/h3-6,13-14,17-18H,7-12H2,1-2H3. The topological polar surface area (TPSA) is 15.3 Å². The third kappa shape index (κ3) is 2.70. The minimum Gasteiger partial charge on any atom is -0.311 e. The minimum absolute atomic E-state index is 0.595. The van der Waals surface area contributed by atoms with E-state index >= 15 is 0 Å². The van der Waals surface area contributed by atoms with Gasteiger partial charge in [0.2, 0.25) is 0 Å². The number of nitrogens with zero attached hydrogens (tertiary/aromatic N) is 1. The Labute approximate surface area is 117 Å². The van der Waals surface area contributed by atoms with Gasteiger partial charge >= 0.3 is 0 Å². The van der Waals surface area contributed by atoms with E-state index < -0.39 is 0 Å². The lowest BCUT2D eigenvalue weighted by atomic mass is 9.85. The van der Waals surface area contributed by atoms with Gasteiger partial charge in [0.05, 0.1) is 0 Å². The van der Waals surface area contributed by atoms with Crippen LogP contribution in [0.1, 0.15) is 43.9 Å². The van der Waals surface area contributed by atoms with Crippen molar-refractivity contribution in [3.8, 4) is 0 Å². The zero-order valence-electron chi connectivity index (χ0n) is 12.2. The van der Waals surface area contributed by atoms with Crippen LogP contribution in [-0.2, 0) is 6.54 Å². The molecule has 19 heavy (non-hydrogen) atoms. The molecule has 0 amide bonds. The van der Waals surface area contributed by atoms with Crippen molar-refractivity contribution in [3.05, 3.63) is 35.4 Å². The van der Waals surface area contributed by atoms with Gasteiger partial charge < -0.3 is 5.32 Å². The first-order valence-corrected chi connectivity index (χ1v) is 7.78. The van der Waals surface area contributed by atoms with Gasteiger partial charge in [0, 0.05) is 19.1 Å². The van der Waals surface area contributed by atoms with Gasteiger partial charge in [-0.2, -0.15) is 0 Å². The third-order valence-corrected chi connectivity index (χ3v) is 5.03. The summed E-state index contributed by atoms with van der Waals surface area (Å²) in [4.78, 5) is 2.70. The van der Waals surface area contributed by atoms with Crippen molar-refractivity contribution in [1.29, 1.82) is 0 Å². The number of hydrogen-bond acceptors (Lipinski definition) is 2. The van der Waals surface area contributed by atoms with Gasteiger partial charge in [-0.05, 0) is 48.9 Å². The molecule has 0 aliphatic carbocycles. The molecule has 1 aromatic carbocycles. The monoisotopic (exact) mass is 258 g/mol. The quantitative estimate of drug-likeness (QED) is 0.876. The van der Waals surface area contributed by atoms with Crippen molar-refractivity contribution < 1.29 is 0 Å². The van der Waals surface area contributed by atoms with Crippen LogP contribution in [0, 0.1) is 11.8 Å². The van der Waals surface area contributed by atoms with E-state index in [1.165, 1.54) is 31.5 Å². The van der Waals surface area contributed by atoms with Crippen LogP contribution in [0.2, 0.25) is 0 Å². The molecule has 1 N–H and O–H groups in total. The Morgan fingerprint density at radius 2 is 1.89 bits per heavy atom. The lowest BCUT2D eigenvalue weighted by Crippen LogP contribution is -2.44. The van der Waals surface area contributed by atoms with Crippen LogP contribution in [0.3, 0.4) is 0 Å². The molecule has 1 unspecified atom stereocenters. The molecular weight excluding hydrogens is 232 g/mol. The number of fused-ring (bicyclic) bond motifs is 1. The molecule has 2 heterocycles. The second-order valence-electron chi connectivity index (χ2n) is 6.46. The van der Waals surface area contributed by atoms with Crippen LogP contribution >= 0.6 is 0 Å². The summed E-state index contributed by atoms with van der Waals surface area (Å²) in [5.74, 6) is 1.78. The number of piperidine rings is 1. The minimum atomic E-state index is 0.595. The molecule has 1 aromatic rings. The maximum Gasteiger partial charge on any atom is 0.0476 e. The predicted molar refractivity (Wildman–Crippen MR) is 80.0 cm³/mol. The highest BCUT2D eigenvalue weighted by Gasteiger charge is 2.29. The van der Waals surface area contributed by atoms with Gasteiger partial charge in [0.25, 0.3) is 0 Å². The number of hydrogen-bond donors (Lipinski definition) is 1. The van der Waals surface area contributed by atoms with Crippen LogP contribution in [0.25, 0.3) is 0 Å². The Bertz CT molecular complexity index is 419. The lowest BCUT2D eigenvalue weighted by Gasteiger charge is -2.41. The molecule has 104 valence electrons. The Balaban J connectivity index is 1.71. The fraction of sp³-hybridized carbons (Fsp3) is 0.647. The van der Waals surface area contributed by atoms with Crippen LogP contribution in [0.4, 0.5) is 0 Å². The van der Waals surface area contributed by atoms with Gasteiger partial charge in [-0.3, -0.25) is 4.90 Å². The predicted octanol–water partition coefficient (Wildman–Crippen LogP) is 3.20. The first-order chi connectivity index (χ1) is 9.25. The van der Waals surface area contributed by atoms with Gasteiger partial charge in [-0.1, -0.05) is 38.1 Å². The summed E-state index contributed by atoms with van der Waals surface area (Å²) in [6.07, 6.45) is 2.74. The fourth-order valence-electron chi connectivity index (χ4n) is 3.70. The molecule has 3 rings (SSSR count). The summed E-state index contributed by atoms with van der Waals surface area (Å²) in [5.41, 5.74) is 3.05. The summed E-state index contributed by atoms with van der Waals surface area (Å²) >= 11 is 0. The van der Waals surface area contributed by atoms with E-state index in [0.717, 1.165) is 24.9 Å². The summed E-state index contributed by atoms with van der Waals surface area (Å²) in [6.45, 7) is 9.43. The van der Waals surface area contributed by atoms with E-state index in [-0.39, 0.29) is 0 Å². The molecule has 2 aliphatic heterocycles. The molecular formula is C17H26N2. The number of benzene rings is 1.